The van der Waals surface area contributed by atoms with Crippen LogP contribution < -0.4 is 5.32 Å². The molecule has 0 aliphatic heterocycles. The third-order valence-corrected chi connectivity index (χ3v) is 3.76. The van der Waals surface area contributed by atoms with Gasteiger partial charge < -0.3 is 14.8 Å². The lowest BCUT2D eigenvalue weighted by Crippen LogP contribution is -2.24. The predicted octanol–water partition coefficient (Wildman–Crippen LogP) is 3.15. The van der Waals surface area contributed by atoms with Crippen molar-refractivity contribution in [3.05, 3.63) is 21.9 Å². The number of rotatable bonds is 10. The van der Waals surface area contributed by atoms with Crippen molar-refractivity contribution >= 4 is 11.3 Å². The lowest BCUT2D eigenvalue weighted by atomic mass is 10.1. The highest BCUT2D eigenvalue weighted by molar-refractivity contribution is 7.10. The zero-order valence-corrected chi connectivity index (χ0v) is 12.5. The van der Waals surface area contributed by atoms with Gasteiger partial charge in [-0.3, -0.25) is 0 Å². The van der Waals surface area contributed by atoms with Crippen molar-refractivity contribution in [2.24, 2.45) is 0 Å². The molecule has 0 fully saturated rings. The van der Waals surface area contributed by atoms with Crippen LogP contribution in [0.5, 0.6) is 0 Å². The van der Waals surface area contributed by atoms with Gasteiger partial charge in [0.05, 0.1) is 13.2 Å². The van der Waals surface area contributed by atoms with Crippen LogP contribution in [0.3, 0.4) is 0 Å². The molecule has 1 aromatic rings. The molecule has 104 valence electrons. The number of hydrogen-bond acceptors (Lipinski definition) is 4. The molecule has 0 amide bonds. The monoisotopic (exact) mass is 271 g/mol. The van der Waals surface area contributed by atoms with E-state index in [0.29, 0.717) is 19.3 Å². The molecule has 0 aliphatic carbocycles. The van der Waals surface area contributed by atoms with Gasteiger partial charge in [0, 0.05) is 24.6 Å². The van der Waals surface area contributed by atoms with Crippen molar-refractivity contribution < 1.29 is 9.47 Å². The molecule has 4 heteroatoms. The fourth-order valence-corrected chi connectivity index (χ4v) is 2.65. The van der Waals surface area contributed by atoms with Crippen molar-refractivity contribution in [3.8, 4) is 0 Å². The summed E-state index contributed by atoms with van der Waals surface area (Å²) in [4.78, 5) is 1.40. The summed E-state index contributed by atoms with van der Waals surface area (Å²) in [5.41, 5.74) is 1.42. The van der Waals surface area contributed by atoms with E-state index in [2.05, 4.69) is 30.6 Å². The van der Waals surface area contributed by atoms with Crippen LogP contribution in [0.1, 0.15) is 36.2 Å². The highest BCUT2D eigenvalue weighted by Crippen LogP contribution is 2.25. The summed E-state index contributed by atoms with van der Waals surface area (Å²) in [6.45, 7) is 7.56. The minimum Gasteiger partial charge on any atom is -0.382 e. The van der Waals surface area contributed by atoms with Crippen LogP contribution in [0.15, 0.2) is 11.4 Å². The number of nitrogens with one attached hydrogen (secondary N) is 1. The first kappa shape index (κ1) is 15.6. The van der Waals surface area contributed by atoms with Crippen molar-refractivity contribution in [3.63, 3.8) is 0 Å². The van der Waals surface area contributed by atoms with Crippen molar-refractivity contribution in [2.75, 3.05) is 33.5 Å². The minimum atomic E-state index is 0.416. The largest absolute Gasteiger partial charge is 0.382 e. The molecule has 18 heavy (non-hydrogen) atoms. The summed E-state index contributed by atoms with van der Waals surface area (Å²) in [5, 5.41) is 5.76. The Morgan fingerprint density at radius 2 is 2.17 bits per heavy atom. The van der Waals surface area contributed by atoms with Gasteiger partial charge in [0.2, 0.25) is 0 Å². The highest BCUT2D eigenvalue weighted by atomic mass is 32.1. The van der Waals surface area contributed by atoms with Crippen LogP contribution in [-0.4, -0.2) is 33.5 Å². The molecule has 1 atom stereocenters. The average Bonchev–Trinajstić information content (AvgIpc) is 2.79. The first-order chi connectivity index (χ1) is 8.79. The zero-order valence-electron chi connectivity index (χ0n) is 11.7. The molecule has 0 aromatic carbocycles. The SMILES string of the molecule is CCCNC(CCOCCOC)c1ccsc1C. The third kappa shape index (κ3) is 5.48. The number of ether oxygens (including phenoxy) is 2. The highest BCUT2D eigenvalue weighted by Gasteiger charge is 2.13. The first-order valence-corrected chi connectivity index (χ1v) is 7.51. The Morgan fingerprint density at radius 3 is 2.78 bits per heavy atom. The van der Waals surface area contributed by atoms with Gasteiger partial charge in [0.15, 0.2) is 0 Å². The van der Waals surface area contributed by atoms with E-state index in [4.69, 9.17) is 9.47 Å². The molecule has 0 spiro atoms. The summed E-state index contributed by atoms with van der Waals surface area (Å²) in [5.74, 6) is 0. The van der Waals surface area contributed by atoms with Crippen molar-refractivity contribution in [2.45, 2.75) is 32.7 Å². The minimum absolute atomic E-state index is 0.416. The second kappa shape index (κ2) is 9.50. The first-order valence-electron chi connectivity index (χ1n) is 6.63. The predicted molar refractivity (Wildman–Crippen MR) is 77.4 cm³/mol. The van der Waals surface area contributed by atoms with E-state index in [1.54, 1.807) is 7.11 Å². The molecule has 1 heterocycles. The third-order valence-electron chi connectivity index (χ3n) is 2.90. The van der Waals surface area contributed by atoms with Crippen LogP contribution in [0.4, 0.5) is 0 Å². The van der Waals surface area contributed by atoms with Gasteiger partial charge in [-0.05, 0) is 43.3 Å². The van der Waals surface area contributed by atoms with E-state index < -0.39 is 0 Å². The molecule has 1 rings (SSSR count). The zero-order chi connectivity index (χ0) is 13.2. The number of hydrogen-bond donors (Lipinski definition) is 1. The van der Waals surface area contributed by atoms with Crippen LogP contribution in [0, 0.1) is 6.92 Å². The quantitative estimate of drug-likeness (QED) is 0.663. The topological polar surface area (TPSA) is 30.5 Å². The van der Waals surface area contributed by atoms with E-state index >= 15 is 0 Å². The van der Waals surface area contributed by atoms with Crippen LogP contribution >= 0.6 is 11.3 Å². The smallest absolute Gasteiger partial charge is 0.0700 e. The van der Waals surface area contributed by atoms with E-state index in [1.807, 2.05) is 11.3 Å². The van der Waals surface area contributed by atoms with Gasteiger partial charge in [0.25, 0.3) is 0 Å². The Kier molecular flexibility index (Phi) is 8.25. The molecule has 1 unspecified atom stereocenters. The summed E-state index contributed by atoms with van der Waals surface area (Å²) in [6.07, 6.45) is 2.17. The van der Waals surface area contributed by atoms with Crippen LogP contribution in [0.25, 0.3) is 0 Å². The Bertz CT molecular complexity index is 314. The molecule has 0 bridgehead atoms. The van der Waals surface area contributed by atoms with Gasteiger partial charge in [0.1, 0.15) is 0 Å². The normalized spacial score (nSPS) is 12.8. The molecular formula is C14H25NO2S. The van der Waals surface area contributed by atoms with Crippen molar-refractivity contribution in [1.29, 1.82) is 0 Å². The summed E-state index contributed by atoms with van der Waals surface area (Å²) >= 11 is 1.81. The van der Waals surface area contributed by atoms with Gasteiger partial charge >= 0.3 is 0 Å². The van der Waals surface area contributed by atoms with E-state index in [9.17, 15) is 0 Å². The standard InChI is InChI=1S/C14H25NO2S/c1-4-7-15-14(5-8-17-10-9-16-3)13-6-11-18-12(13)2/h6,11,14-15H,4-5,7-10H2,1-3H3. The molecular weight excluding hydrogens is 246 g/mol. The maximum atomic E-state index is 5.56. The van der Waals surface area contributed by atoms with Crippen LogP contribution in [0.2, 0.25) is 0 Å². The summed E-state index contributed by atoms with van der Waals surface area (Å²) in [6, 6.07) is 2.64. The number of aryl methyl sites for hydroxylation is 1. The Labute approximate surface area is 114 Å². The molecule has 3 nitrogen and oxygen atoms in total. The average molecular weight is 271 g/mol. The fraction of sp³-hybridized carbons (Fsp3) is 0.714. The maximum Gasteiger partial charge on any atom is 0.0700 e. The Hall–Kier alpha value is -0.420. The van der Waals surface area contributed by atoms with Crippen LogP contribution in [-0.2, 0) is 9.47 Å². The van der Waals surface area contributed by atoms with Gasteiger partial charge in [-0.2, -0.15) is 0 Å². The Morgan fingerprint density at radius 1 is 1.33 bits per heavy atom. The van der Waals surface area contributed by atoms with Gasteiger partial charge in [-0.25, -0.2) is 0 Å². The molecule has 0 aliphatic rings. The van der Waals surface area contributed by atoms with Gasteiger partial charge in [-0.15, -0.1) is 11.3 Å². The van der Waals surface area contributed by atoms with E-state index in [0.717, 1.165) is 26.0 Å². The lowest BCUT2D eigenvalue weighted by Gasteiger charge is -2.18. The maximum absolute atomic E-state index is 5.56. The molecule has 0 saturated carbocycles. The summed E-state index contributed by atoms with van der Waals surface area (Å²) < 4.78 is 10.5. The second-order valence-electron chi connectivity index (χ2n) is 4.33. The Balaban J connectivity index is 2.39. The number of methoxy groups -OCH3 is 1. The molecule has 0 saturated heterocycles. The van der Waals surface area contributed by atoms with E-state index in [1.165, 1.54) is 10.4 Å². The fourth-order valence-electron chi connectivity index (χ4n) is 1.89. The molecule has 1 aromatic heterocycles. The molecule has 1 N–H and O–H groups in total. The molecule has 0 radical (unpaired) electrons. The number of thiophene rings is 1. The second-order valence-corrected chi connectivity index (χ2v) is 5.45. The van der Waals surface area contributed by atoms with E-state index in [-0.39, 0.29) is 0 Å². The van der Waals surface area contributed by atoms with Crippen molar-refractivity contribution in [1.82, 2.24) is 5.32 Å². The lowest BCUT2D eigenvalue weighted by molar-refractivity contribution is 0.0657. The summed E-state index contributed by atoms with van der Waals surface area (Å²) in [7, 11) is 1.70. The van der Waals surface area contributed by atoms with Gasteiger partial charge in [-0.1, -0.05) is 6.92 Å².